The van der Waals surface area contributed by atoms with Gasteiger partial charge in [-0.3, -0.25) is 0 Å². The van der Waals surface area contributed by atoms with Crippen LogP contribution in [0.1, 0.15) is 51.4 Å². The van der Waals surface area contributed by atoms with Crippen LogP contribution in [0.3, 0.4) is 0 Å². The Bertz CT molecular complexity index is 239. The standard InChI is InChI=1S/C14H20/c1-2-8-13(7-1)11-5-6-12-14-9-3-4-10-14/h5,11,13-14H,1-4,7-10H2/b11-5+. The van der Waals surface area contributed by atoms with Gasteiger partial charge in [0.05, 0.1) is 0 Å². The molecule has 2 fully saturated rings. The Kier molecular flexibility index (Phi) is 3.69. The molecule has 2 aliphatic rings. The normalized spacial score (nSPS) is 24.3. The summed E-state index contributed by atoms with van der Waals surface area (Å²) in [5, 5.41) is 0. The molecule has 0 atom stereocenters. The molecule has 0 spiro atoms. The summed E-state index contributed by atoms with van der Waals surface area (Å²) in [6.45, 7) is 0. The van der Waals surface area contributed by atoms with Crippen molar-refractivity contribution < 1.29 is 0 Å². The van der Waals surface area contributed by atoms with Gasteiger partial charge in [-0.1, -0.05) is 43.6 Å². The highest BCUT2D eigenvalue weighted by molar-refractivity contribution is 5.18. The first-order chi connectivity index (χ1) is 6.95. The van der Waals surface area contributed by atoms with Gasteiger partial charge in [-0.25, -0.2) is 0 Å². The summed E-state index contributed by atoms with van der Waals surface area (Å²) in [6, 6.07) is 0. The molecule has 76 valence electrons. The predicted molar refractivity (Wildman–Crippen MR) is 60.8 cm³/mol. The van der Waals surface area contributed by atoms with Crippen LogP contribution in [0.4, 0.5) is 0 Å². The average Bonchev–Trinajstić information content (AvgIpc) is 2.86. The maximum Gasteiger partial charge on any atom is 0.0206 e. The molecule has 0 aliphatic heterocycles. The molecular weight excluding hydrogens is 168 g/mol. The van der Waals surface area contributed by atoms with E-state index in [0.717, 1.165) is 5.92 Å². The van der Waals surface area contributed by atoms with Gasteiger partial charge < -0.3 is 0 Å². The second-order valence-corrected chi connectivity index (χ2v) is 4.67. The molecule has 0 unspecified atom stereocenters. The van der Waals surface area contributed by atoms with Gasteiger partial charge in [0.2, 0.25) is 0 Å². The van der Waals surface area contributed by atoms with Crippen LogP contribution in [0.25, 0.3) is 0 Å². The summed E-state index contributed by atoms with van der Waals surface area (Å²) >= 11 is 0. The second kappa shape index (κ2) is 5.25. The van der Waals surface area contributed by atoms with Crippen molar-refractivity contribution in [3.8, 4) is 11.8 Å². The maximum atomic E-state index is 3.37. The Morgan fingerprint density at radius 3 is 2.21 bits per heavy atom. The van der Waals surface area contributed by atoms with Gasteiger partial charge in [0.25, 0.3) is 0 Å². The molecular formula is C14H20. The summed E-state index contributed by atoms with van der Waals surface area (Å²) in [5.41, 5.74) is 0. The first-order valence-corrected chi connectivity index (χ1v) is 6.13. The molecule has 0 saturated heterocycles. The van der Waals surface area contributed by atoms with E-state index in [1.807, 2.05) is 0 Å². The van der Waals surface area contributed by atoms with Crippen LogP contribution in [0, 0.1) is 23.7 Å². The van der Waals surface area contributed by atoms with Gasteiger partial charge in [-0.05, 0) is 37.7 Å². The predicted octanol–water partition coefficient (Wildman–Crippen LogP) is 3.93. The molecule has 0 aromatic rings. The van der Waals surface area contributed by atoms with E-state index < -0.39 is 0 Å². The van der Waals surface area contributed by atoms with Crippen molar-refractivity contribution in [2.75, 3.05) is 0 Å². The van der Waals surface area contributed by atoms with Crippen molar-refractivity contribution in [2.45, 2.75) is 51.4 Å². The Morgan fingerprint density at radius 1 is 0.857 bits per heavy atom. The highest BCUT2D eigenvalue weighted by Gasteiger charge is 2.11. The lowest BCUT2D eigenvalue weighted by atomic mass is 10.1. The van der Waals surface area contributed by atoms with Gasteiger partial charge >= 0.3 is 0 Å². The largest absolute Gasteiger partial charge is 0.0951 e. The summed E-state index contributed by atoms with van der Waals surface area (Å²) < 4.78 is 0. The SMILES string of the molecule is C(#CC1CCCC1)/C=C/C1CCCC1. The molecule has 2 rings (SSSR count). The minimum absolute atomic E-state index is 0.711. The molecule has 0 bridgehead atoms. The summed E-state index contributed by atoms with van der Waals surface area (Å²) in [5.74, 6) is 8.14. The van der Waals surface area contributed by atoms with Crippen LogP contribution >= 0.6 is 0 Å². The third kappa shape index (κ3) is 2.91. The summed E-state index contributed by atoms with van der Waals surface area (Å²) in [4.78, 5) is 0. The smallest absolute Gasteiger partial charge is 0.0206 e. The molecule has 0 heteroatoms. The molecule has 0 radical (unpaired) electrons. The van der Waals surface area contributed by atoms with Crippen LogP contribution in [-0.4, -0.2) is 0 Å². The first kappa shape index (κ1) is 9.84. The Hall–Kier alpha value is -0.700. The minimum atomic E-state index is 0.711. The lowest BCUT2D eigenvalue weighted by Gasteiger charge is -1.97. The van der Waals surface area contributed by atoms with Gasteiger partial charge in [-0.15, -0.1) is 0 Å². The Balaban J connectivity index is 1.73. The summed E-state index contributed by atoms with van der Waals surface area (Å²) in [6.07, 6.45) is 15.5. The van der Waals surface area contributed by atoms with E-state index in [2.05, 4.69) is 24.0 Å². The lowest BCUT2D eigenvalue weighted by Crippen LogP contribution is -1.86. The van der Waals surface area contributed by atoms with Crippen LogP contribution in [0.2, 0.25) is 0 Å². The molecule has 0 heterocycles. The number of hydrogen-bond donors (Lipinski definition) is 0. The molecule has 2 aliphatic carbocycles. The van der Waals surface area contributed by atoms with Crippen molar-refractivity contribution in [1.29, 1.82) is 0 Å². The highest BCUT2D eigenvalue weighted by atomic mass is 14.2. The molecule has 0 aromatic heterocycles. The van der Waals surface area contributed by atoms with Crippen molar-refractivity contribution in [2.24, 2.45) is 11.8 Å². The van der Waals surface area contributed by atoms with Gasteiger partial charge in [-0.2, -0.15) is 0 Å². The van der Waals surface area contributed by atoms with Gasteiger partial charge in [0.1, 0.15) is 0 Å². The molecule has 14 heavy (non-hydrogen) atoms. The van der Waals surface area contributed by atoms with Crippen LogP contribution in [0.15, 0.2) is 12.2 Å². The second-order valence-electron chi connectivity index (χ2n) is 4.67. The fraction of sp³-hybridized carbons (Fsp3) is 0.714. The van der Waals surface area contributed by atoms with E-state index in [-0.39, 0.29) is 0 Å². The van der Waals surface area contributed by atoms with Crippen molar-refractivity contribution in [1.82, 2.24) is 0 Å². The van der Waals surface area contributed by atoms with E-state index in [4.69, 9.17) is 0 Å². The van der Waals surface area contributed by atoms with E-state index in [1.54, 1.807) is 0 Å². The Labute approximate surface area is 87.8 Å². The van der Waals surface area contributed by atoms with E-state index in [9.17, 15) is 0 Å². The molecule has 0 nitrogen and oxygen atoms in total. The third-order valence-corrected chi connectivity index (χ3v) is 3.49. The molecule has 0 aromatic carbocycles. The third-order valence-electron chi connectivity index (χ3n) is 3.49. The monoisotopic (exact) mass is 188 g/mol. The fourth-order valence-corrected chi connectivity index (χ4v) is 2.57. The van der Waals surface area contributed by atoms with Crippen molar-refractivity contribution in [3.63, 3.8) is 0 Å². The minimum Gasteiger partial charge on any atom is -0.0951 e. The van der Waals surface area contributed by atoms with Gasteiger partial charge in [0.15, 0.2) is 0 Å². The zero-order valence-corrected chi connectivity index (χ0v) is 8.97. The van der Waals surface area contributed by atoms with Crippen LogP contribution in [-0.2, 0) is 0 Å². The van der Waals surface area contributed by atoms with E-state index in [0.29, 0.717) is 5.92 Å². The van der Waals surface area contributed by atoms with E-state index >= 15 is 0 Å². The lowest BCUT2D eigenvalue weighted by molar-refractivity contribution is 0.686. The van der Waals surface area contributed by atoms with Crippen molar-refractivity contribution in [3.05, 3.63) is 12.2 Å². The molecule has 2 saturated carbocycles. The average molecular weight is 188 g/mol. The molecule has 0 N–H and O–H groups in total. The first-order valence-electron chi connectivity index (χ1n) is 6.13. The van der Waals surface area contributed by atoms with Gasteiger partial charge in [0, 0.05) is 5.92 Å². The Morgan fingerprint density at radius 2 is 1.50 bits per heavy atom. The van der Waals surface area contributed by atoms with Crippen LogP contribution < -0.4 is 0 Å². The maximum absolute atomic E-state index is 3.37. The fourth-order valence-electron chi connectivity index (χ4n) is 2.57. The van der Waals surface area contributed by atoms with Crippen LogP contribution in [0.5, 0.6) is 0 Å². The number of rotatable bonds is 1. The summed E-state index contributed by atoms with van der Waals surface area (Å²) in [7, 11) is 0. The quantitative estimate of drug-likeness (QED) is 0.547. The van der Waals surface area contributed by atoms with Crippen molar-refractivity contribution >= 4 is 0 Å². The molecule has 0 amide bonds. The van der Waals surface area contributed by atoms with E-state index in [1.165, 1.54) is 51.4 Å². The number of hydrogen-bond acceptors (Lipinski definition) is 0. The topological polar surface area (TPSA) is 0 Å². The zero-order valence-electron chi connectivity index (χ0n) is 8.97. The number of allylic oxidation sites excluding steroid dienone is 2. The highest BCUT2D eigenvalue weighted by Crippen LogP contribution is 2.25. The zero-order chi connectivity index (χ0) is 9.64.